The number of primary amides is 1. The van der Waals surface area contributed by atoms with Crippen LogP contribution in [-0.4, -0.2) is 15.9 Å². The highest BCUT2D eigenvalue weighted by atomic mass is 35.5. The van der Waals surface area contributed by atoms with E-state index in [4.69, 9.17) is 21.8 Å². The summed E-state index contributed by atoms with van der Waals surface area (Å²) < 4.78 is 4.99. The summed E-state index contributed by atoms with van der Waals surface area (Å²) in [5.41, 5.74) is 6.48. The Labute approximate surface area is 127 Å². The number of carbonyl (C=O) groups is 1. The molecule has 0 saturated heterocycles. The summed E-state index contributed by atoms with van der Waals surface area (Å²) in [7, 11) is 0. The Morgan fingerprint density at radius 2 is 2.19 bits per heavy atom. The van der Waals surface area contributed by atoms with E-state index in [1.165, 1.54) is 24.0 Å². The van der Waals surface area contributed by atoms with Crippen molar-refractivity contribution in [2.24, 2.45) is 5.73 Å². The summed E-state index contributed by atoms with van der Waals surface area (Å²) in [4.78, 5) is 29.6. The number of carbonyl (C=O) groups excluding carboxylic acids is 1. The van der Waals surface area contributed by atoms with Crippen LogP contribution in [0.3, 0.4) is 0 Å². The lowest BCUT2D eigenvalue weighted by molar-refractivity contribution is 0.1000. The predicted octanol–water partition coefficient (Wildman–Crippen LogP) is 2.42. The van der Waals surface area contributed by atoms with Crippen LogP contribution < -0.4 is 11.5 Å². The number of hydrogen-bond donors (Lipinski definition) is 2. The molecule has 21 heavy (non-hydrogen) atoms. The van der Waals surface area contributed by atoms with Crippen LogP contribution in [0.25, 0.3) is 11.1 Å². The Bertz CT molecular complexity index is 903. The van der Waals surface area contributed by atoms with E-state index in [2.05, 4.69) is 9.97 Å². The molecule has 0 unspecified atom stereocenters. The molecule has 1 aromatic carbocycles. The number of nitrogens with zero attached hydrogens (tertiary/aromatic N) is 1. The molecule has 0 fully saturated rings. The van der Waals surface area contributed by atoms with Gasteiger partial charge < -0.3 is 10.2 Å². The van der Waals surface area contributed by atoms with Crippen molar-refractivity contribution < 1.29 is 9.21 Å². The van der Waals surface area contributed by atoms with Gasteiger partial charge in [0.15, 0.2) is 5.58 Å². The first-order chi connectivity index (χ1) is 10.0. The van der Waals surface area contributed by atoms with Crippen molar-refractivity contribution in [2.45, 2.75) is 9.92 Å². The van der Waals surface area contributed by atoms with Crippen molar-refractivity contribution in [3.05, 3.63) is 51.6 Å². The van der Waals surface area contributed by atoms with E-state index >= 15 is 0 Å². The van der Waals surface area contributed by atoms with Crippen LogP contribution in [0.4, 0.5) is 0 Å². The van der Waals surface area contributed by atoms with Gasteiger partial charge in [0, 0.05) is 11.1 Å². The van der Waals surface area contributed by atoms with Crippen molar-refractivity contribution in [1.82, 2.24) is 9.97 Å². The molecule has 3 rings (SSSR count). The van der Waals surface area contributed by atoms with E-state index in [-0.39, 0.29) is 5.56 Å². The standard InChI is InChI=1S/C13H8ClN3O3S/c14-8-3-6(11(15)18)5-16-12(8)21-7-1-2-9-10(4-7)20-13(19)17-9/h1-5H,(H2,15,18)(H,17,19). The molecule has 6 nitrogen and oxygen atoms in total. The number of oxazole rings is 1. The van der Waals surface area contributed by atoms with Gasteiger partial charge in [-0.15, -0.1) is 0 Å². The number of pyridine rings is 1. The predicted molar refractivity (Wildman–Crippen MR) is 78.7 cm³/mol. The van der Waals surface area contributed by atoms with Crippen LogP contribution in [0, 0.1) is 0 Å². The van der Waals surface area contributed by atoms with Crippen molar-refractivity contribution >= 4 is 40.4 Å². The molecular weight excluding hydrogens is 314 g/mol. The number of rotatable bonds is 3. The first-order valence-corrected chi connectivity index (χ1v) is 6.98. The van der Waals surface area contributed by atoms with Gasteiger partial charge in [-0.3, -0.25) is 9.78 Å². The van der Waals surface area contributed by atoms with Gasteiger partial charge in [-0.25, -0.2) is 9.78 Å². The summed E-state index contributed by atoms with van der Waals surface area (Å²) in [5, 5.41) is 0.853. The molecule has 2 aromatic heterocycles. The second-order valence-electron chi connectivity index (χ2n) is 4.15. The van der Waals surface area contributed by atoms with Gasteiger partial charge in [0.05, 0.1) is 16.1 Å². The molecule has 0 saturated carbocycles. The fourth-order valence-electron chi connectivity index (χ4n) is 1.74. The van der Waals surface area contributed by atoms with Crippen LogP contribution in [0.5, 0.6) is 0 Å². The maximum Gasteiger partial charge on any atom is 0.417 e. The van der Waals surface area contributed by atoms with Gasteiger partial charge in [0.2, 0.25) is 5.91 Å². The maximum atomic E-state index is 11.1. The number of hydrogen-bond acceptors (Lipinski definition) is 5. The quantitative estimate of drug-likeness (QED) is 0.771. The van der Waals surface area contributed by atoms with Crippen LogP contribution in [0.1, 0.15) is 10.4 Å². The molecule has 0 aliphatic rings. The zero-order valence-corrected chi connectivity index (χ0v) is 12.0. The molecule has 3 N–H and O–H groups in total. The van der Waals surface area contributed by atoms with Crippen LogP contribution in [-0.2, 0) is 0 Å². The van der Waals surface area contributed by atoms with Gasteiger partial charge >= 0.3 is 5.76 Å². The summed E-state index contributed by atoms with van der Waals surface area (Å²) in [6.07, 6.45) is 1.37. The van der Waals surface area contributed by atoms with E-state index < -0.39 is 11.7 Å². The molecule has 0 aliphatic carbocycles. The highest BCUT2D eigenvalue weighted by molar-refractivity contribution is 7.99. The minimum absolute atomic E-state index is 0.247. The summed E-state index contributed by atoms with van der Waals surface area (Å²) in [6.45, 7) is 0. The van der Waals surface area contributed by atoms with Crippen molar-refractivity contribution in [3.63, 3.8) is 0 Å². The number of aromatic amines is 1. The molecule has 3 aromatic rings. The minimum Gasteiger partial charge on any atom is -0.408 e. The molecule has 0 bridgehead atoms. The molecule has 0 aliphatic heterocycles. The van der Waals surface area contributed by atoms with Crippen molar-refractivity contribution in [3.8, 4) is 0 Å². The number of nitrogens with one attached hydrogen (secondary N) is 1. The van der Waals surface area contributed by atoms with E-state index in [1.54, 1.807) is 18.2 Å². The molecule has 0 atom stereocenters. The zero-order chi connectivity index (χ0) is 15.0. The van der Waals surface area contributed by atoms with Crippen LogP contribution >= 0.6 is 23.4 Å². The Balaban J connectivity index is 1.94. The number of aromatic nitrogens is 2. The van der Waals surface area contributed by atoms with Gasteiger partial charge in [-0.1, -0.05) is 23.4 Å². The third kappa shape index (κ3) is 2.79. The Kier molecular flexibility index (Phi) is 3.44. The lowest BCUT2D eigenvalue weighted by atomic mass is 10.3. The second kappa shape index (κ2) is 5.27. The number of amides is 1. The Morgan fingerprint density at radius 1 is 1.38 bits per heavy atom. The summed E-state index contributed by atoms with van der Waals surface area (Å²) in [5.74, 6) is -1.09. The number of halogens is 1. The van der Waals surface area contributed by atoms with Crippen LogP contribution in [0.2, 0.25) is 5.02 Å². The normalized spacial score (nSPS) is 10.9. The lowest BCUT2D eigenvalue weighted by Crippen LogP contribution is -2.11. The molecule has 106 valence electrons. The number of H-pyrrole nitrogens is 1. The Hall–Kier alpha value is -2.25. The molecule has 1 amide bonds. The Morgan fingerprint density at radius 3 is 2.90 bits per heavy atom. The van der Waals surface area contributed by atoms with E-state index in [9.17, 15) is 9.59 Å². The first-order valence-electron chi connectivity index (χ1n) is 5.79. The highest BCUT2D eigenvalue weighted by Crippen LogP contribution is 2.33. The maximum absolute atomic E-state index is 11.1. The van der Waals surface area contributed by atoms with Crippen molar-refractivity contribution in [2.75, 3.05) is 0 Å². The topological polar surface area (TPSA) is 102 Å². The third-order valence-electron chi connectivity index (χ3n) is 2.70. The van der Waals surface area contributed by atoms with E-state index in [0.29, 0.717) is 21.1 Å². The number of fused-ring (bicyclic) bond motifs is 1. The van der Waals surface area contributed by atoms with Gasteiger partial charge in [-0.05, 0) is 24.3 Å². The zero-order valence-electron chi connectivity index (χ0n) is 10.4. The molecule has 0 radical (unpaired) electrons. The number of nitrogens with two attached hydrogens (primary N) is 1. The second-order valence-corrected chi connectivity index (χ2v) is 5.62. The summed E-state index contributed by atoms with van der Waals surface area (Å²) in [6, 6.07) is 6.71. The van der Waals surface area contributed by atoms with Gasteiger partial charge in [-0.2, -0.15) is 0 Å². The minimum atomic E-state index is -0.587. The smallest absolute Gasteiger partial charge is 0.408 e. The first kappa shape index (κ1) is 13.7. The SMILES string of the molecule is NC(=O)c1cnc(Sc2ccc3[nH]c(=O)oc3c2)c(Cl)c1. The van der Waals surface area contributed by atoms with Gasteiger partial charge in [0.1, 0.15) is 5.03 Å². The number of benzene rings is 1. The molecule has 8 heteroatoms. The average Bonchev–Trinajstić information content (AvgIpc) is 2.80. The van der Waals surface area contributed by atoms with E-state index in [0.717, 1.165) is 4.90 Å². The fourth-order valence-corrected chi connectivity index (χ4v) is 2.81. The van der Waals surface area contributed by atoms with E-state index in [1.807, 2.05) is 0 Å². The van der Waals surface area contributed by atoms with Crippen molar-refractivity contribution in [1.29, 1.82) is 0 Å². The fraction of sp³-hybridized carbons (Fsp3) is 0. The lowest BCUT2D eigenvalue weighted by Gasteiger charge is -2.04. The average molecular weight is 322 g/mol. The molecular formula is C13H8ClN3O3S. The largest absolute Gasteiger partial charge is 0.417 e. The molecule has 0 spiro atoms. The van der Waals surface area contributed by atoms with Crippen LogP contribution in [0.15, 0.2) is 49.6 Å². The van der Waals surface area contributed by atoms with Gasteiger partial charge in [0.25, 0.3) is 0 Å². The molecule has 2 heterocycles. The monoisotopic (exact) mass is 321 g/mol. The highest BCUT2D eigenvalue weighted by Gasteiger charge is 2.10. The third-order valence-corrected chi connectivity index (χ3v) is 4.11. The summed E-state index contributed by atoms with van der Waals surface area (Å²) >= 11 is 7.36.